The number of carbonyl (C=O) groups is 3. The average molecular weight is 541 g/mol. The van der Waals surface area contributed by atoms with E-state index in [1.807, 2.05) is 20.8 Å². The quantitative estimate of drug-likeness (QED) is 0.421. The average Bonchev–Trinajstić information content (AvgIpc) is 3.48. The van der Waals surface area contributed by atoms with Crippen molar-refractivity contribution in [3.05, 3.63) is 64.9 Å². The number of anilines is 2. The predicted molar refractivity (Wildman–Crippen MR) is 141 cm³/mol. The third-order valence-corrected chi connectivity index (χ3v) is 5.91. The van der Waals surface area contributed by atoms with E-state index < -0.39 is 29.3 Å². The minimum absolute atomic E-state index is 0.0485. The molecule has 1 aliphatic rings. The second-order valence-corrected chi connectivity index (χ2v) is 10.2. The van der Waals surface area contributed by atoms with Gasteiger partial charge in [-0.2, -0.15) is 0 Å². The molecule has 2 heterocycles. The molecule has 1 aliphatic heterocycles. The van der Waals surface area contributed by atoms with Crippen LogP contribution in [0.25, 0.3) is 0 Å². The van der Waals surface area contributed by atoms with Crippen LogP contribution in [0.15, 0.2) is 53.1 Å². The maximum Gasteiger partial charge on any atom is 0.248 e. The summed E-state index contributed by atoms with van der Waals surface area (Å²) < 4.78 is 15.9. The van der Waals surface area contributed by atoms with Crippen molar-refractivity contribution < 1.29 is 28.4 Å². The maximum atomic E-state index is 13.8. The van der Waals surface area contributed by atoms with Crippen molar-refractivity contribution in [2.24, 2.45) is 0 Å². The highest BCUT2D eigenvalue weighted by molar-refractivity contribution is 6.31. The number of amides is 3. The van der Waals surface area contributed by atoms with Gasteiger partial charge in [0.25, 0.3) is 0 Å². The van der Waals surface area contributed by atoms with Crippen LogP contribution in [-0.4, -0.2) is 35.2 Å². The van der Waals surface area contributed by atoms with Crippen molar-refractivity contribution in [3.63, 3.8) is 0 Å². The summed E-state index contributed by atoms with van der Waals surface area (Å²) in [5.74, 6) is 0.434. The number of ether oxygens (including phenoxy) is 2. The molecule has 38 heavy (non-hydrogen) atoms. The Bertz CT molecular complexity index is 1350. The monoisotopic (exact) mass is 540 g/mol. The molecule has 1 aromatic heterocycles. The van der Waals surface area contributed by atoms with Crippen LogP contribution >= 0.6 is 11.6 Å². The van der Waals surface area contributed by atoms with Gasteiger partial charge >= 0.3 is 0 Å². The summed E-state index contributed by atoms with van der Waals surface area (Å²) in [5, 5.41) is 9.62. The van der Waals surface area contributed by atoms with Crippen molar-refractivity contribution in [3.8, 4) is 11.5 Å². The third kappa shape index (κ3) is 6.44. The highest BCUT2D eigenvalue weighted by Gasteiger charge is 2.36. The normalized spacial score (nSPS) is 13.1. The Hall–Kier alpha value is -4.05. The highest BCUT2D eigenvalue weighted by Crippen LogP contribution is 2.39. The highest BCUT2D eigenvalue weighted by atomic mass is 35.5. The van der Waals surface area contributed by atoms with Gasteiger partial charge in [-0.25, -0.2) is 0 Å². The summed E-state index contributed by atoms with van der Waals surface area (Å²) in [4.78, 5) is 41.4. The van der Waals surface area contributed by atoms with Gasteiger partial charge in [-0.3, -0.25) is 19.3 Å². The molecule has 2 aromatic carbocycles. The molecule has 3 amide bonds. The number of benzene rings is 2. The molecule has 0 unspecified atom stereocenters. The standard InChI is InChI=1S/C27H29ClN4O6/c1-16-13-22(31-38-16)29-23(33)11-12-24(34)32(17-9-10-20-21(14-17)37-15-36-20)25(26(35)30-27(2,3)4)18-7-5-6-8-19(18)28/h5-10,13-14,25H,11-12,15H2,1-4H3,(H,30,35)(H,29,31,33)/t25-/m0/s1. The Kier molecular flexibility index (Phi) is 7.91. The lowest BCUT2D eigenvalue weighted by atomic mass is 10.00. The van der Waals surface area contributed by atoms with Gasteiger partial charge in [0.2, 0.25) is 24.5 Å². The molecule has 0 bridgehead atoms. The van der Waals surface area contributed by atoms with Crippen molar-refractivity contribution >= 4 is 40.8 Å². The molecule has 1 atom stereocenters. The Morgan fingerprint density at radius 2 is 1.79 bits per heavy atom. The van der Waals surface area contributed by atoms with Crippen LogP contribution in [0, 0.1) is 6.92 Å². The minimum Gasteiger partial charge on any atom is -0.454 e. The topological polar surface area (TPSA) is 123 Å². The van der Waals surface area contributed by atoms with Gasteiger partial charge in [0.15, 0.2) is 17.3 Å². The number of carbonyl (C=O) groups excluding carboxylic acids is 3. The molecule has 10 nitrogen and oxygen atoms in total. The van der Waals surface area contributed by atoms with E-state index in [1.165, 1.54) is 4.90 Å². The molecule has 4 rings (SSSR count). The first kappa shape index (κ1) is 27.0. The van der Waals surface area contributed by atoms with Crippen LogP contribution in [0.1, 0.15) is 51.0 Å². The predicted octanol–water partition coefficient (Wildman–Crippen LogP) is 4.77. The summed E-state index contributed by atoms with van der Waals surface area (Å²) in [7, 11) is 0. The number of aryl methyl sites for hydroxylation is 1. The van der Waals surface area contributed by atoms with E-state index in [0.717, 1.165) is 0 Å². The van der Waals surface area contributed by atoms with Gasteiger partial charge < -0.3 is 24.6 Å². The number of hydrogen-bond acceptors (Lipinski definition) is 7. The fourth-order valence-corrected chi connectivity index (χ4v) is 4.22. The van der Waals surface area contributed by atoms with Gasteiger partial charge in [0, 0.05) is 46.8 Å². The largest absolute Gasteiger partial charge is 0.454 e. The molecular formula is C27H29ClN4O6. The number of hydrogen-bond donors (Lipinski definition) is 2. The second kappa shape index (κ2) is 11.1. The van der Waals surface area contributed by atoms with Gasteiger partial charge in [0.1, 0.15) is 11.8 Å². The molecule has 0 saturated heterocycles. The molecule has 3 aromatic rings. The van der Waals surface area contributed by atoms with Crippen molar-refractivity contribution in [1.29, 1.82) is 0 Å². The number of nitrogens with one attached hydrogen (secondary N) is 2. The lowest BCUT2D eigenvalue weighted by Gasteiger charge is -2.34. The van der Waals surface area contributed by atoms with Crippen molar-refractivity contribution in [2.75, 3.05) is 17.0 Å². The molecule has 0 spiro atoms. The van der Waals surface area contributed by atoms with Crippen LogP contribution in [-0.2, 0) is 14.4 Å². The Labute approximate surface area is 225 Å². The molecule has 200 valence electrons. The molecule has 2 N–H and O–H groups in total. The Morgan fingerprint density at radius 1 is 1.05 bits per heavy atom. The SMILES string of the molecule is Cc1cc(NC(=O)CCC(=O)N(c2ccc3c(c2)OCO3)[C@H](C(=O)NC(C)(C)C)c2ccccc2Cl)no1. The lowest BCUT2D eigenvalue weighted by Crippen LogP contribution is -2.49. The number of rotatable bonds is 8. The molecule has 0 fully saturated rings. The lowest BCUT2D eigenvalue weighted by molar-refractivity contribution is -0.128. The van der Waals surface area contributed by atoms with Crippen LogP contribution in [0.4, 0.5) is 11.5 Å². The van der Waals surface area contributed by atoms with E-state index in [-0.39, 0.29) is 25.5 Å². The van der Waals surface area contributed by atoms with Crippen LogP contribution in [0.5, 0.6) is 11.5 Å². The second-order valence-electron chi connectivity index (χ2n) is 9.84. The summed E-state index contributed by atoms with van der Waals surface area (Å²) in [5.41, 5.74) is 0.237. The molecule has 0 radical (unpaired) electrons. The van der Waals surface area contributed by atoms with Crippen LogP contribution in [0.2, 0.25) is 5.02 Å². The fourth-order valence-electron chi connectivity index (χ4n) is 3.98. The fraction of sp³-hybridized carbons (Fsp3) is 0.333. The smallest absolute Gasteiger partial charge is 0.248 e. The van der Waals surface area contributed by atoms with E-state index in [9.17, 15) is 14.4 Å². The van der Waals surface area contributed by atoms with Gasteiger partial charge in [-0.15, -0.1) is 0 Å². The zero-order valence-electron chi connectivity index (χ0n) is 21.5. The van der Waals surface area contributed by atoms with Gasteiger partial charge in [0.05, 0.1) is 0 Å². The zero-order chi connectivity index (χ0) is 27.4. The van der Waals surface area contributed by atoms with Gasteiger partial charge in [-0.1, -0.05) is 35.0 Å². The first-order valence-corrected chi connectivity index (χ1v) is 12.4. The third-order valence-electron chi connectivity index (χ3n) is 5.57. The Morgan fingerprint density at radius 3 is 2.47 bits per heavy atom. The minimum atomic E-state index is -1.13. The van der Waals surface area contributed by atoms with E-state index in [0.29, 0.717) is 33.5 Å². The molecule has 0 aliphatic carbocycles. The number of halogens is 1. The van der Waals surface area contributed by atoms with E-state index in [1.54, 1.807) is 55.5 Å². The first-order chi connectivity index (χ1) is 18.0. The van der Waals surface area contributed by atoms with E-state index >= 15 is 0 Å². The van der Waals surface area contributed by atoms with Crippen molar-refractivity contribution in [2.45, 2.75) is 52.1 Å². The Balaban J connectivity index is 1.69. The zero-order valence-corrected chi connectivity index (χ0v) is 22.3. The molecular weight excluding hydrogens is 512 g/mol. The summed E-state index contributed by atoms with van der Waals surface area (Å²) in [6.07, 6.45) is -0.344. The number of fused-ring (bicyclic) bond motifs is 1. The number of nitrogens with zero attached hydrogens (tertiary/aromatic N) is 2. The number of aromatic nitrogens is 1. The van der Waals surface area contributed by atoms with E-state index in [2.05, 4.69) is 15.8 Å². The van der Waals surface area contributed by atoms with E-state index in [4.69, 9.17) is 25.6 Å². The maximum absolute atomic E-state index is 13.8. The molecule has 11 heteroatoms. The summed E-state index contributed by atoms with van der Waals surface area (Å²) in [6.45, 7) is 7.28. The van der Waals surface area contributed by atoms with Crippen LogP contribution < -0.4 is 25.0 Å². The summed E-state index contributed by atoms with van der Waals surface area (Å²) >= 11 is 6.54. The first-order valence-electron chi connectivity index (χ1n) is 12.0. The van der Waals surface area contributed by atoms with Crippen molar-refractivity contribution in [1.82, 2.24) is 10.5 Å². The van der Waals surface area contributed by atoms with Gasteiger partial charge in [-0.05, 0) is 45.9 Å². The van der Waals surface area contributed by atoms with Crippen LogP contribution in [0.3, 0.4) is 0 Å². The molecule has 0 saturated carbocycles. The summed E-state index contributed by atoms with van der Waals surface area (Å²) in [6, 6.07) is 12.3.